The Balaban J connectivity index is 2.01. The van der Waals surface area contributed by atoms with Crippen molar-refractivity contribution in [1.29, 1.82) is 0 Å². The van der Waals surface area contributed by atoms with E-state index in [1.807, 2.05) is 35.0 Å². The SMILES string of the molecule is C[C@@H](NC(=O)CCn1ccc2ccc(Br)cc21)C(=O)O. The van der Waals surface area contributed by atoms with Crippen molar-refractivity contribution in [2.45, 2.75) is 25.9 Å². The number of fused-ring (bicyclic) bond motifs is 1. The second kappa shape index (κ2) is 6.09. The van der Waals surface area contributed by atoms with E-state index in [0.717, 1.165) is 15.4 Å². The van der Waals surface area contributed by atoms with Crippen molar-refractivity contribution in [3.05, 3.63) is 34.9 Å². The van der Waals surface area contributed by atoms with E-state index in [-0.39, 0.29) is 12.3 Å². The van der Waals surface area contributed by atoms with Crippen LogP contribution in [0.2, 0.25) is 0 Å². The largest absolute Gasteiger partial charge is 0.480 e. The van der Waals surface area contributed by atoms with Gasteiger partial charge in [-0.1, -0.05) is 22.0 Å². The minimum atomic E-state index is -1.03. The maximum absolute atomic E-state index is 11.7. The van der Waals surface area contributed by atoms with Crippen molar-refractivity contribution in [3.8, 4) is 0 Å². The molecule has 0 aliphatic carbocycles. The van der Waals surface area contributed by atoms with Gasteiger partial charge >= 0.3 is 5.97 Å². The predicted octanol–water partition coefficient (Wildman–Crippen LogP) is 2.38. The average molecular weight is 339 g/mol. The molecule has 0 bridgehead atoms. The Morgan fingerprint density at radius 1 is 1.40 bits per heavy atom. The summed E-state index contributed by atoms with van der Waals surface area (Å²) >= 11 is 3.42. The zero-order valence-electron chi connectivity index (χ0n) is 11.0. The third kappa shape index (κ3) is 3.39. The fourth-order valence-corrected chi connectivity index (χ4v) is 2.30. The Bertz CT molecular complexity index is 651. The molecule has 6 heteroatoms. The van der Waals surface area contributed by atoms with Crippen LogP contribution in [-0.2, 0) is 16.1 Å². The highest BCUT2D eigenvalue weighted by Gasteiger charge is 2.13. The molecule has 1 aromatic heterocycles. The molecule has 1 heterocycles. The molecule has 1 amide bonds. The second-order valence-electron chi connectivity index (χ2n) is 4.59. The highest BCUT2D eigenvalue weighted by atomic mass is 79.9. The number of amides is 1. The van der Waals surface area contributed by atoms with Gasteiger partial charge in [0.05, 0.1) is 0 Å². The number of rotatable bonds is 5. The molecule has 0 radical (unpaired) electrons. The number of aryl methyl sites for hydroxylation is 1. The summed E-state index contributed by atoms with van der Waals surface area (Å²) in [5.74, 6) is -1.30. The van der Waals surface area contributed by atoms with Gasteiger partial charge in [0.15, 0.2) is 0 Å². The van der Waals surface area contributed by atoms with Gasteiger partial charge in [-0.05, 0) is 30.5 Å². The molecule has 1 atom stereocenters. The normalized spacial score (nSPS) is 12.3. The van der Waals surface area contributed by atoms with Crippen LogP contribution in [0.3, 0.4) is 0 Å². The predicted molar refractivity (Wildman–Crippen MR) is 79.5 cm³/mol. The van der Waals surface area contributed by atoms with E-state index in [0.29, 0.717) is 6.54 Å². The molecule has 0 saturated carbocycles. The quantitative estimate of drug-likeness (QED) is 0.879. The van der Waals surface area contributed by atoms with Gasteiger partial charge in [-0.2, -0.15) is 0 Å². The zero-order chi connectivity index (χ0) is 14.7. The van der Waals surface area contributed by atoms with Crippen LogP contribution >= 0.6 is 15.9 Å². The molecule has 106 valence electrons. The maximum atomic E-state index is 11.7. The number of carbonyl (C=O) groups is 2. The molecule has 0 unspecified atom stereocenters. The molecule has 2 aromatic rings. The van der Waals surface area contributed by atoms with Crippen molar-refractivity contribution in [2.75, 3.05) is 0 Å². The first kappa shape index (κ1) is 14.6. The van der Waals surface area contributed by atoms with Gasteiger partial charge in [0, 0.05) is 29.2 Å². The number of hydrogen-bond acceptors (Lipinski definition) is 2. The van der Waals surface area contributed by atoms with Crippen molar-refractivity contribution >= 4 is 38.7 Å². The number of carboxylic acids is 1. The lowest BCUT2D eigenvalue weighted by atomic mass is 10.2. The van der Waals surface area contributed by atoms with Gasteiger partial charge in [0.1, 0.15) is 6.04 Å². The smallest absolute Gasteiger partial charge is 0.325 e. The number of aromatic nitrogens is 1. The van der Waals surface area contributed by atoms with Crippen LogP contribution in [0.4, 0.5) is 0 Å². The highest BCUT2D eigenvalue weighted by Crippen LogP contribution is 2.21. The van der Waals surface area contributed by atoms with Gasteiger partial charge in [0.2, 0.25) is 5.91 Å². The van der Waals surface area contributed by atoms with Crippen molar-refractivity contribution in [2.24, 2.45) is 0 Å². The molecule has 20 heavy (non-hydrogen) atoms. The fraction of sp³-hybridized carbons (Fsp3) is 0.286. The van der Waals surface area contributed by atoms with Gasteiger partial charge in [0.25, 0.3) is 0 Å². The van der Waals surface area contributed by atoms with E-state index in [1.54, 1.807) is 0 Å². The summed E-state index contributed by atoms with van der Waals surface area (Å²) in [4.78, 5) is 22.3. The second-order valence-corrected chi connectivity index (χ2v) is 5.51. The van der Waals surface area contributed by atoms with E-state index in [9.17, 15) is 9.59 Å². The van der Waals surface area contributed by atoms with E-state index in [4.69, 9.17) is 5.11 Å². The number of carboxylic acid groups (broad SMARTS) is 1. The lowest BCUT2D eigenvalue weighted by molar-refractivity contribution is -0.141. The molecule has 0 aliphatic rings. The molecular formula is C14H15BrN2O3. The molecule has 0 fully saturated rings. The summed E-state index contributed by atoms with van der Waals surface area (Å²) in [5.41, 5.74) is 1.04. The van der Waals surface area contributed by atoms with Gasteiger partial charge in [-0.15, -0.1) is 0 Å². The number of nitrogens with zero attached hydrogens (tertiary/aromatic N) is 1. The number of hydrogen-bond donors (Lipinski definition) is 2. The lowest BCUT2D eigenvalue weighted by Crippen LogP contribution is -2.38. The first-order valence-electron chi connectivity index (χ1n) is 6.24. The fourth-order valence-electron chi connectivity index (χ4n) is 1.95. The number of halogens is 1. The first-order chi connectivity index (χ1) is 9.47. The Kier molecular flexibility index (Phi) is 4.44. The summed E-state index contributed by atoms with van der Waals surface area (Å²) in [6.07, 6.45) is 2.17. The molecule has 5 nitrogen and oxygen atoms in total. The Labute approximate surface area is 124 Å². The van der Waals surface area contributed by atoms with Crippen LogP contribution in [0.1, 0.15) is 13.3 Å². The van der Waals surface area contributed by atoms with E-state index in [1.165, 1.54) is 6.92 Å². The van der Waals surface area contributed by atoms with Crippen LogP contribution in [0, 0.1) is 0 Å². The molecule has 1 aromatic carbocycles. The summed E-state index contributed by atoms with van der Waals surface area (Å²) in [6, 6.07) is 7.08. The minimum absolute atomic E-state index is 0.244. The zero-order valence-corrected chi connectivity index (χ0v) is 12.6. The average Bonchev–Trinajstić information content (AvgIpc) is 2.78. The molecule has 0 saturated heterocycles. The minimum Gasteiger partial charge on any atom is -0.480 e. The van der Waals surface area contributed by atoms with Gasteiger partial charge in [-0.25, -0.2) is 0 Å². The Morgan fingerprint density at radius 3 is 2.85 bits per heavy atom. The molecule has 2 N–H and O–H groups in total. The number of benzene rings is 1. The Hall–Kier alpha value is -1.82. The summed E-state index contributed by atoms with van der Waals surface area (Å²) in [6.45, 7) is 1.96. The topological polar surface area (TPSA) is 71.3 Å². The molecule has 2 rings (SSSR count). The molecule has 0 spiro atoms. The standard InChI is InChI=1S/C14H15BrN2O3/c1-9(14(19)20)16-13(18)5-7-17-6-4-10-2-3-11(15)8-12(10)17/h2-4,6,8-9H,5,7H2,1H3,(H,16,18)(H,19,20)/t9-/m1/s1. The van der Waals surface area contributed by atoms with Crippen molar-refractivity contribution in [1.82, 2.24) is 9.88 Å². The van der Waals surface area contributed by atoms with Crippen LogP contribution in [0.15, 0.2) is 34.9 Å². The summed E-state index contributed by atoms with van der Waals surface area (Å²) in [7, 11) is 0. The van der Waals surface area contributed by atoms with E-state index in [2.05, 4.69) is 21.2 Å². The number of nitrogens with one attached hydrogen (secondary N) is 1. The molecular weight excluding hydrogens is 324 g/mol. The van der Waals surface area contributed by atoms with Crippen LogP contribution in [0.25, 0.3) is 10.9 Å². The molecule has 0 aliphatic heterocycles. The van der Waals surface area contributed by atoms with Gasteiger partial charge < -0.3 is 15.0 Å². The summed E-state index contributed by atoms with van der Waals surface area (Å²) in [5, 5.41) is 12.3. The van der Waals surface area contributed by atoms with Crippen LogP contribution < -0.4 is 5.32 Å². The third-order valence-corrected chi connectivity index (χ3v) is 3.56. The van der Waals surface area contributed by atoms with E-state index >= 15 is 0 Å². The highest BCUT2D eigenvalue weighted by molar-refractivity contribution is 9.10. The Morgan fingerprint density at radius 2 is 2.15 bits per heavy atom. The van der Waals surface area contributed by atoms with Crippen molar-refractivity contribution < 1.29 is 14.7 Å². The number of aliphatic carboxylic acids is 1. The monoisotopic (exact) mass is 338 g/mol. The lowest BCUT2D eigenvalue weighted by Gasteiger charge is -2.10. The number of carbonyl (C=O) groups excluding carboxylic acids is 1. The van der Waals surface area contributed by atoms with Crippen LogP contribution in [0.5, 0.6) is 0 Å². The van der Waals surface area contributed by atoms with Gasteiger partial charge in [-0.3, -0.25) is 9.59 Å². The maximum Gasteiger partial charge on any atom is 0.325 e. The first-order valence-corrected chi connectivity index (χ1v) is 7.03. The summed E-state index contributed by atoms with van der Waals surface area (Å²) < 4.78 is 2.96. The third-order valence-electron chi connectivity index (χ3n) is 3.06. The van der Waals surface area contributed by atoms with Crippen molar-refractivity contribution in [3.63, 3.8) is 0 Å². The van der Waals surface area contributed by atoms with Crippen LogP contribution in [-0.4, -0.2) is 27.6 Å². The van der Waals surface area contributed by atoms with E-state index < -0.39 is 12.0 Å².